The van der Waals surface area contributed by atoms with Gasteiger partial charge >= 0.3 is 6.18 Å². The van der Waals surface area contributed by atoms with Crippen LogP contribution in [0.15, 0.2) is 36.5 Å². The van der Waals surface area contributed by atoms with E-state index in [9.17, 15) is 22.0 Å². The molecule has 0 fully saturated rings. The number of imidazole rings is 1. The monoisotopic (exact) mass is 413 g/mol. The number of halogens is 5. The van der Waals surface area contributed by atoms with E-state index in [0.29, 0.717) is 16.6 Å². The number of H-pyrrole nitrogens is 1. The number of aromatic nitrogens is 3. The van der Waals surface area contributed by atoms with Crippen LogP contribution in [0.2, 0.25) is 0 Å². The van der Waals surface area contributed by atoms with Gasteiger partial charge in [0.2, 0.25) is 5.95 Å². The van der Waals surface area contributed by atoms with Crippen LogP contribution in [0.5, 0.6) is 0 Å². The van der Waals surface area contributed by atoms with Crippen molar-refractivity contribution in [1.29, 1.82) is 0 Å². The average Bonchev–Trinajstić information content (AvgIpc) is 3.17. The van der Waals surface area contributed by atoms with E-state index >= 15 is 0 Å². The van der Waals surface area contributed by atoms with Crippen molar-refractivity contribution < 1.29 is 31.9 Å². The molecule has 0 aliphatic rings. The number of carbonyl (C=O) groups is 1. The van der Waals surface area contributed by atoms with Gasteiger partial charge in [0.05, 0.1) is 27.8 Å². The van der Waals surface area contributed by atoms with Gasteiger partial charge in [0.25, 0.3) is 6.47 Å². The van der Waals surface area contributed by atoms with Gasteiger partial charge in [-0.15, -0.1) is 0 Å². The Labute approximate surface area is 158 Å². The molecule has 0 spiro atoms. The Morgan fingerprint density at radius 2 is 1.83 bits per heavy atom. The van der Waals surface area contributed by atoms with Gasteiger partial charge in [-0.1, -0.05) is 0 Å². The summed E-state index contributed by atoms with van der Waals surface area (Å²) in [4.78, 5) is 15.2. The maximum atomic E-state index is 13.5. The molecule has 0 saturated heterocycles. The second kappa shape index (κ2) is 7.30. The van der Waals surface area contributed by atoms with E-state index in [1.807, 2.05) is 0 Å². The van der Waals surface area contributed by atoms with Gasteiger partial charge in [0.1, 0.15) is 0 Å². The predicted octanol–water partition coefficient (Wildman–Crippen LogP) is 3.97. The molecule has 12 heteroatoms. The molecule has 7 nitrogen and oxygen atoms in total. The fourth-order valence-corrected chi connectivity index (χ4v) is 2.70. The molecule has 0 saturated carbocycles. The number of nitrogens with zero attached hydrogens (tertiary/aromatic N) is 2. The first-order chi connectivity index (χ1) is 13.7. The number of carboxylic acid groups (broad SMARTS) is 1. The molecule has 0 unspecified atom stereocenters. The lowest BCUT2D eigenvalue weighted by Crippen LogP contribution is -2.11. The normalized spacial score (nSPS) is 11.3. The molecule has 4 rings (SSSR count). The molecule has 0 aliphatic heterocycles. The molecule has 29 heavy (non-hydrogen) atoms. The summed E-state index contributed by atoms with van der Waals surface area (Å²) in [5.74, 6) is 3.89. The van der Waals surface area contributed by atoms with Crippen LogP contribution in [0.25, 0.3) is 21.9 Å². The fraction of sp³-hybridized carbons (Fsp3) is 0.0588. The van der Waals surface area contributed by atoms with Crippen molar-refractivity contribution in [3.63, 3.8) is 0 Å². The zero-order valence-electron chi connectivity index (χ0n) is 14.3. The van der Waals surface area contributed by atoms with Gasteiger partial charge in [-0.25, -0.2) is 18.4 Å². The molecule has 4 aromatic rings. The highest BCUT2D eigenvalue weighted by Gasteiger charge is 2.31. The predicted molar refractivity (Wildman–Crippen MR) is 95.1 cm³/mol. The Bertz CT molecular complexity index is 1200. The number of hydrogen-bond acceptors (Lipinski definition) is 4. The van der Waals surface area contributed by atoms with Crippen molar-refractivity contribution in [1.82, 2.24) is 14.6 Å². The minimum atomic E-state index is -4.50. The van der Waals surface area contributed by atoms with Crippen molar-refractivity contribution in [2.45, 2.75) is 6.18 Å². The van der Waals surface area contributed by atoms with Crippen LogP contribution in [0.1, 0.15) is 5.56 Å². The number of anilines is 2. The minimum absolute atomic E-state index is 0.0434. The van der Waals surface area contributed by atoms with Gasteiger partial charge in [0.15, 0.2) is 11.6 Å². The lowest BCUT2D eigenvalue weighted by molar-refractivity contribution is -0.137. The summed E-state index contributed by atoms with van der Waals surface area (Å²) in [6.07, 6.45) is -3.05. The lowest BCUT2D eigenvalue weighted by atomic mass is 10.2. The summed E-state index contributed by atoms with van der Waals surface area (Å²) in [5.41, 5.74) is 0.154. The highest BCUT2D eigenvalue weighted by atomic mass is 19.4. The molecule has 0 atom stereocenters. The number of aromatic amines is 1. The summed E-state index contributed by atoms with van der Waals surface area (Å²) < 4.78 is 66.3. The van der Waals surface area contributed by atoms with E-state index in [-0.39, 0.29) is 23.5 Å². The second-order valence-electron chi connectivity index (χ2n) is 5.75. The SMILES string of the molecule is Nn1c(Nc2c[nH]c3cc(F)c(F)cc23)nc2cc(C(F)(F)F)ccc21.O=CO. The fourth-order valence-electron chi connectivity index (χ4n) is 2.70. The van der Waals surface area contributed by atoms with E-state index in [1.165, 1.54) is 12.3 Å². The van der Waals surface area contributed by atoms with Crippen molar-refractivity contribution >= 4 is 40.0 Å². The largest absolute Gasteiger partial charge is 0.483 e. The van der Waals surface area contributed by atoms with Crippen molar-refractivity contribution in [3.05, 3.63) is 53.7 Å². The highest BCUT2D eigenvalue weighted by Crippen LogP contribution is 2.33. The van der Waals surface area contributed by atoms with E-state index in [1.54, 1.807) is 0 Å². The number of nitrogens with two attached hydrogens (primary N) is 1. The molecule has 5 N–H and O–H groups in total. The molecule has 0 radical (unpaired) electrons. The smallest absolute Gasteiger partial charge is 0.416 e. The Kier molecular flexibility index (Phi) is 5.01. The molecular weight excluding hydrogens is 401 g/mol. The van der Waals surface area contributed by atoms with Crippen LogP contribution < -0.4 is 11.2 Å². The maximum Gasteiger partial charge on any atom is 0.416 e. The molecular formula is C17H12F5N5O2. The standard InChI is InChI=1S/C16H10F5N5.CH2O2/c17-9-4-8-11(5-10(9)18)23-6-13(8)25-15-24-12-3-7(16(19,20)21)1-2-14(12)26(15)22;2-1-3/h1-6,23H,22H2,(H,24,25);1H,(H,2,3). The van der Waals surface area contributed by atoms with E-state index < -0.39 is 23.4 Å². The number of benzene rings is 2. The third-order valence-electron chi connectivity index (χ3n) is 3.99. The van der Waals surface area contributed by atoms with Crippen molar-refractivity contribution in [2.75, 3.05) is 11.2 Å². The van der Waals surface area contributed by atoms with Crippen LogP contribution in [-0.4, -0.2) is 26.2 Å². The van der Waals surface area contributed by atoms with Gasteiger partial charge in [-0.3, -0.25) is 4.79 Å². The van der Waals surface area contributed by atoms with Gasteiger partial charge < -0.3 is 21.2 Å². The Morgan fingerprint density at radius 1 is 1.17 bits per heavy atom. The van der Waals surface area contributed by atoms with Crippen LogP contribution >= 0.6 is 0 Å². The quantitative estimate of drug-likeness (QED) is 0.226. The number of nitrogen functional groups attached to an aromatic ring is 1. The van der Waals surface area contributed by atoms with E-state index in [2.05, 4.69) is 15.3 Å². The minimum Gasteiger partial charge on any atom is -0.483 e. The molecule has 0 bridgehead atoms. The lowest BCUT2D eigenvalue weighted by Gasteiger charge is -2.06. The van der Waals surface area contributed by atoms with Gasteiger partial charge in [0, 0.05) is 17.6 Å². The summed E-state index contributed by atoms with van der Waals surface area (Å²) in [5, 5.41) is 10.0. The maximum absolute atomic E-state index is 13.5. The zero-order valence-corrected chi connectivity index (χ0v) is 14.3. The first-order valence-electron chi connectivity index (χ1n) is 7.81. The molecule has 0 amide bonds. The van der Waals surface area contributed by atoms with E-state index in [0.717, 1.165) is 28.9 Å². The van der Waals surface area contributed by atoms with Gasteiger partial charge in [-0.05, 0) is 24.3 Å². The third kappa shape index (κ3) is 3.77. The Balaban J connectivity index is 0.000000755. The number of hydrogen-bond donors (Lipinski definition) is 4. The number of rotatable bonds is 2. The Hall–Kier alpha value is -3.83. The highest BCUT2D eigenvalue weighted by molar-refractivity contribution is 5.94. The second-order valence-corrected chi connectivity index (χ2v) is 5.75. The third-order valence-corrected chi connectivity index (χ3v) is 3.99. The molecule has 0 aliphatic carbocycles. The zero-order chi connectivity index (χ0) is 21.3. The first kappa shape index (κ1) is 19.9. The Morgan fingerprint density at radius 3 is 2.48 bits per heavy atom. The van der Waals surface area contributed by atoms with Crippen LogP contribution in [0, 0.1) is 11.6 Å². The number of alkyl halides is 3. The average molecular weight is 413 g/mol. The number of fused-ring (bicyclic) bond motifs is 2. The summed E-state index contributed by atoms with van der Waals surface area (Å²) in [6, 6.07) is 4.99. The van der Waals surface area contributed by atoms with Gasteiger partial charge in [-0.2, -0.15) is 13.2 Å². The van der Waals surface area contributed by atoms with Crippen LogP contribution in [0.4, 0.5) is 33.6 Å². The van der Waals surface area contributed by atoms with E-state index in [4.69, 9.17) is 15.7 Å². The first-order valence-corrected chi connectivity index (χ1v) is 7.81. The summed E-state index contributed by atoms with van der Waals surface area (Å²) >= 11 is 0. The molecule has 152 valence electrons. The topological polar surface area (TPSA) is 109 Å². The van der Waals surface area contributed by atoms with Crippen molar-refractivity contribution in [2.24, 2.45) is 0 Å². The molecule has 2 aromatic heterocycles. The van der Waals surface area contributed by atoms with Crippen LogP contribution in [0.3, 0.4) is 0 Å². The molecule has 2 aromatic carbocycles. The number of nitrogens with one attached hydrogen (secondary N) is 2. The summed E-state index contributed by atoms with van der Waals surface area (Å²) in [6.45, 7) is -0.250. The van der Waals surface area contributed by atoms with Crippen molar-refractivity contribution in [3.8, 4) is 0 Å². The molecule has 2 heterocycles. The van der Waals surface area contributed by atoms with Crippen LogP contribution in [-0.2, 0) is 11.0 Å². The summed E-state index contributed by atoms with van der Waals surface area (Å²) in [7, 11) is 0.